The van der Waals surface area contributed by atoms with Gasteiger partial charge in [0, 0.05) is 6.92 Å². The van der Waals surface area contributed by atoms with Crippen LogP contribution in [0.3, 0.4) is 0 Å². The van der Waals surface area contributed by atoms with Gasteiger partial charge < -0.3 is 4.42 Å². The van der Waals surface area contributed by atoms with E-state index in [-0.39, 0.29) is 11.7 Å². The standard InChI is InChI=1S/C11H8N2O2/c1-7(14)11-13-9-3-2-8(4-5-12)6-10(9)15-11/h2-3,6H,4H2,1H3. The van der Waals surface area contributed by atoms with Crippen LogP contribution in [0.15, 0.2) is 22.6 Å². The van der Waals surface area contributed by atoms with Crippen molar-refractivity contribution in [3.8, 4) is 6.07 Å². The second-order valence-electron chi connectivity index (χ2n) is 3.21. The van der Waals surface area contributed by atoms with Crippen molar-refractivity contribution in [2.24, 2.45) is 0 Å². The smallest absolute Gasteiger partial charge is 0.263 e. The van der Waals surface area contributed by atoms with E-state index < -0.39 is 0 Å². The van der Waals surface area contributed by atoms with Crippen LogP contribution in [0.1, 0.15) is 23.2 Å². The van der Waals surface area contributed by atoms with Crippen molar-refractivity contribution in [3.05, 3.63) is 29.7 Å². The average molecular weight is 200 g/mol. The Kier molecular flexibility index (Phi) is 2.22. The number of hydrogen-bond acceptors (Lipinski definition) is 4. The molecule has 0 aliphatic carbocycles. The molecule has 4 nitrogen and oxygen atoms in total. The predicted octanol–water partition coefficient (Wildman–Crippen LogP) is 2.10. The van der Waals surface area contributed by atoms with E-state index in [1.165, 1.54) is 6.92 Å². The molecule has 0 spiro atoms. The molecule has 1 aromatic carbocycles. The second-order valence-corrected chi connectivity index (χ2v) is 3.21. The highest BCUT2D eigenvalue weighted by molar-refractivity contribution is 5.92. The largest absolute Gasteiger partial charge is 0.434 e. The summed E-state index contributed by atoms with van der Waals surface area (Å²) >= 11 is 0. The van der Waals surface area contributed by atoms with Crippen molar-refractivity contribution in [1.82, 2.24) is 4.98 Å². The van der Waals surface area contributed by atoms with E-state index in [2.05, 4.69) is 4.98 Å². The van der Waals surface area contributed by atoms with Crippen LogP contribution in [-0.2, 0) is 6.42 Å². The maximum absolute atomic E-state index is 11.0. The molecule has 0 fully saturated rings. The summed E-state index contributed by atoms with van der Waals surface area (Å²) in [5.41, 5.74) is 2.05. The molecule has 0 atom stereocenters. The van der Waals surface area contributed by atoms with E-state index in [0.717, 1.165) is 5.56 Å². The molecular formula is C11H8N2O2. The summed E-state index contributed by atoms with van der Waals surface area (Å²) in [6.45, 7) is 1.40. The first-order valence-electron chi connectivity index (χ1n) is 4.48. The van der Waals surface area contributed by atoms with Gasteiger partial charge in [-0.2, -0.15) is 5.26 Å². The molecule has 0 radical (unpaired) electrons. The summed E-state index contributed by atoms with van der Waals surface area (Å²) in [6.07, 6.45) is 0.325. The van der Waals surface area contributed by atoms with E-state index >= 15 is 0 Å². The molecule has 1 aromatic heterocycles. The molecule has 0 N–H and O–H groups in total. The molecule has 2 aromatic rings. The number of nitrogens with zero attached hydrogens (tertiary/aromatic N) is 2. The highest BCUT2D eigenvalue weighted by Gasteiger charge is 2.09. The van der Waals surface area contributed by atoms with E-state index in [1.54, 1.807) is 18.2 Å². The van der Waals surface area contributed by atoms with E-state index in [4.69, 9.17) is 9.68 Å². The lowest BCUT2D eigenvalue weighted by atomic mass is 10.1. The highest BCUT2D eigenvalue weighted by Crippen LogP contribution is 2.17. The molecule has 0 saturated carbocycles. The third-order valence-corrected chi connectivity index (χ3v) is 2.04. The van der Waals surface area contributed by atoms with Gasteiger partial charge in [-0.25, -0.2) is 4.98 Å². The lowest BCUT2D eigenvalue weighted by molar-refractivity contribution is 0.0983. The summed E-state index contributed by atoms with van der Waals surface area (Å²) in [6, 6.07) is 7.33. The van der Waals surface area contributed by atoms with Crippen molar-refractivity contribution in [3.63, 3.8) is 0 Å². The third-order valence-electron chi connectivity index (χ3n) is 2.04. The summed E-state index contributed by atoms with van der Waals surface area (Å²) in [5.74, 6) is -0.0906. The van der Waals surface area contributed by atoms with Gasteiger partial charge in [0.05, 0.1) is 12.5 Å². The molecule has 15 heavy (non-hydrogen) atoms. The van der Waals surface area contributed by atoms with Crippen molar-refractivity contribution in [1.29, 1.82) is 5.26 Å². The summed E-state index contributed by atoms with van der Waals surface area (Å²) in [4.78, 5) is 15.0. The highest BCUT2D eigenvalue weighted by atomic mass is 16.4. The van der Waals surface area contributed by atoms with E-state index in [9.17, 15) is 4.79 Å². The molecule has 0 aliphatic heterocycles. The number of hydrogen-bond donors (Lipinski definition) is 0. The zero-order valence-corrected chi connectivity index (χ0v) is 8.15. The number of ketones is 1. The minimum atomic E-state index is -0.201. The quantitative estimate of drug-likeness (QED) is 0.696. The number of Topliss-reactive ketones (excluding diaryl/α,β-unsaturated/α-hetero) is 1. The van der Waals surface area contributed by atoms with Gasteiger partial charge in [0.2, 0.25) is 5.78 Å². The normalized spacial score (nSPS) is 10.1. The van der Waals surface area contributed by atoms with Crippen LogP contribution in [0.5, 0.6) is 0 Å². The third kappa shape index (κ3) is 1.72. The maximum Gasteiger partial charge on any atom is 0.263 e. The van der Waals surface area contributed by atoms with Gasteiger partial charge in [-0.3, -0.25) is 4.79 Å². The molecule has 0 saturated heterocycles. The first-order valence-corrected chi connectivity index (χ1v) is 4.48. The Morgan fingerprint density at radius 2 is 2.40 bits per heavy atom. The van der Waals surface area contributed by atoms with Crippen LogP contribution >= 0.6 is 0 Å². The van der Waals surface area contributed by atoms with Gasteiger partial charge >= 0.3 is 0 Å². The Bertz CT molecular complexity index is 563. The van der Waals surface area contributed by atoms with Gasteiger partial charge in [-0.1, -0.05) is 6.07 Å². The van der Waals surface area contributed by atoms with Gasteiger partial charge in [0.25, 0.3) is 5.89 Å². The van der Waals surface area contributed by atoms with Crippen LogP contribution in [0, 0.1) is 11.3 Å². The zero-order valence-electron chi connectivity index (χ0n) is 8.15. The number of benzene rings is 1. The van der Waals surface area contributed by atoms with Gasteiger partial charge in [-0.15, -0.1) is 0 Å². The van der Waals surface area contributed by atoms with Crippen LogP contribution in [-0.4, -0.2) is 10.8 Å². The monoisotopic (exact) mass is 200 g/mol. The summed E-state index contributed by atoms with van der Waals surface area (Å²) < 4.78 is 5.25. The molecule has 0 unspecified atom stereocenters. The average Bonchev–Trinajstić information content (AvgIpc) is 2.61. The van der Waals surface area contributed by atoms with Crippen LogP contribution in [0.25, 0.3) is 11.1 Å². The molecule has 2 rings (SSSR count). The fraction of sp³-hybridized carbons (Fsp3) is 0.182. The Hall–Kier alpha value is -2.15. The fourth-order valence-corrected chi connectivity index (χ4v) is 1.32. The maximum atomic E-state index is 11.0. The SMILES string of the molecule is CC(=O)c1nc2ccc(CC#N)cc2o1. The Labute approximate surface area is 86.1 Å². The lowest BCUT2D eigenvalue weighted by Crippen LogP contribution is -1.89. The number of nitriles is 1. The van der Waals surface area contributed by atoms with Crippen molar-refractivity contribution >= 4 is 16.9 Å². The fourth-order valence-electron chi connectivity index (χ4n) is 1.32. The Morgan fingerprint density at radius 1 is 1.60 bits per heavy atom. The van der Waals surface area contributed by atoms with Crippen LogP contribution in [0.2, 0.25) is 0 Å². The molecular weight excluding hydrogens is 192 g/mol. The topological polar surface area (TPSA) is 66.9 Å². The predicted molar refractivity (Wildman–Crippen MR) is 53.3 cm³/mol. The zero-order chi connectivity index (χ0) is 10.8. The molecule has 4 heteroatoms. The van der Waals surface area contributed by atoms with Crippen LogP contribution in [0.4, 0.5) is 0 Å². The summed E-state index contributed by atoms with van der Waals surface area (Å²) in [5, 5.41) is 8.53. The number of fused-ring (bicyclic) bond motifs is 1. The van der Waals surface area contributed by atoms with E-state index in [0.29, 0.717) is 17.5 Å². The number of aromatic nitrogens is 1. The van der Waals surface area contributed by atoms with E-state index in [1.807, 2.05) is 6.07 Å². The van der Waals surface area contributed by atoms with Crippen LogP contribution < -0.4 is 0 Å². The molecule has 1 heterocycles. The molecule has 0 amide bonds. The number of oxazole rings is 1. The number of carbonyl (C=O) groups is 1. The minimum Gasteiger partial charge on any atom is -0.434 e. The van der Waals surface area contributed by atoms with Crippen molar-refractivity contribution < 1.29 is 9.21 Å². The van der Waals surface area contributed by atoms with Gasteiger partial charge in [-0.05, 0) is 17.7 Å². The molecule has 0 aliphatic rings. The van der Waals surface area contributed by atoms with Gasteiger partial charge in [0.1, 0.15) is 5.52 Å². The van der Waals surface area contributed by atoms with Gasteiger partial charge in [0.15, 0.2) is 5.58 Å². The Morgan fingerprint density at radius 3 is 3.07 bits per heavy atom. The summed E-state index contributed by atoms with van der Waals surface area (Å²) in [7, 11) is 0. The molecule has 74 valence electrons. The minimum absolute atomic E-state index is 0.110. The van der Waals surface area contributed by atoms with Crippen molar-refractivity contribution in [2.45, 2.75) is 13.3 Å². The lowest BCUT2D eigenvalue weighted by Gasteiger charge is -1.91. The first-order chi connectivity index (χ1) is 7.20. The number of carbonyl (C=O) groups excluding carboxylic acids is 1. The second kappa shape index (κ2) is 3.54. The van der Waals surface area contributed by atoms with Crippen molar-refractivity contribution in [2.75, 3.05) is 0 Å². The first kappa shape index (κ1) is 9.41. The number of rotatable bonds is 2. The Balaban J connectivity index is 2.53. The molecule has 0 bridgehead atoms.